The molecule has 0 aromatic heterocycles. The number of aldehydes is 1. The van der Waals surface area contributed by atoms with Crippen LogP contribution in [0.3, 0.4) is 0 Å². The molecular weight excluding hydrogens is 140 g/mol. The van der Waals surface area contributed by atoms with Crippen molar-refractivity contribution in [1.82, 2.24) is 0 Å². The van der Waals surface area contributed by atoms with Crippen LogP contribution < -0.4 is 0 Å². The Morgan fingerprint density at radius 3 is 2.73 bits per heavy atom. The fraction of sp³-hybridized carbons (Fsp3) is 0.778. The van der Waals surface area contributed by atoms with Gasteiger partial charge in [-0.25, -0.2) is 0 Å². The maximum Gasteiger partial charge on any atom is 0.136 e. The maximum absolute atomic E-state index is 11.2. The summed E-state index contributed by atoms with van der Waals surface area (Å²) >= 11 is 0. The lowest BCUT2D eigenvalue weighted by Gasteiger charge is -2.21. The van der Waals surface area contributed by atoms with Crippen LogP contribution in [0.1, 0.15) is 19.8 Å². The number of Topliss-reactive ketones (excluding diaryl/α,β-unsaturated/α-hetero) is 1. The zero-order valence-corrected chi connectivity index (χ0v) is 6.62. The van der Waals surface area contributed by atoms with E-state index in [1.165, 1.54) is 0 Å². The molecule has 2 bridgehead atoms. The van der Waals surface area contributed by atoms with Crippen molar-refractivity contribution in [1.29, 1.82) is 0 Å². The molecule has 0 amide bonds. The highest BCUT2D eigenvalue weighted by Crippen LogP contribution is 2.49. The van der Waals surface area contributed by atoms with Gasteiger partial charge in [0.15, 0.2) is 0 Å². The number of carbonyl (C=O) groups is 2. The van der Waals surface area contributed by atoms with Gasteiger partial charge >= 0.3 is 0 Å². The highest BCUT2D eigenvalue weighted by Gasteiger charge is 2.49. The molecule has 11 heavy (non-hydrogen) atoms. The average Bonchev–Trinajstić information content (AvgIpc) is 2.44. The summed E-state index contributed by atoms with van der Waals surface area (Å²) in [6.45, 7) is 2.03. The van der Waals surface area contributed by atoms with Gasteiger partial charge in [0.25, 0.3) is 0 Å². The minimum absolute atomic E-state index is 0.178. The Kier molecular flexibility index (Phi) is 1.38. The Balaban J connectivity index is 2.23. The van der Waals surface area contributed by atoms with Crippen molar-refractivity contribution in [3.8, 4) is 0 Å². The third-order valence-corrected chi connectivity index (χ3v) is 3.38. The second-order valence-corrected chi connectivity index (χ2v) is 3.85. The Labute approximate surface area is 66.0 Å². The van der Waals surface area contributed by atoms with Gasteiger partial charge in [0.1, 0.15) is 12.1 Å². The van der Waals surface area contributed by atoms with E-state index in [-0.39, 0.29) is 11.8 Å². The Morgan fingerprint density at radius 2 is 2.27 bits per heavy atom. The van der Waals surface area contributed by atoms with Crippen LogP contribution >= 0.6 is 0 Å². The molecule has 4 unspecified atom stereocenters. The topological polar surface area (TPSA) is 34.1 Å². The highest BCUT2D eigenvalue weighted by molar-refractivity contribution is 5.86. The van der Waals surface area contributed by atoms with Gasteiger partial charge in [-0.1, -0.05) is 6.92 Å². The largest absolute Gasteiger partial charge is 0.303 e. The summed E-state index contributed by atoms with van der Waals surface area (Å²) in [4.78, 5) is 21.8. The first-order chi connectivity index (χ1) is 5.24. The molecule has 2 aliphatic carbocycles. The summed E-state index contributed by atoms with van der Waals surface area (Å²) in [7, 11) is 0. The molecule has 2 nitrogen and oxygen atoms in total. The highest BCUT2D eigenvalue weighted by atomic mass is 16.1. The number of ketones is 1. The van der Waals surface area contributed by atoms with Crippen LogP contribution in [-0.4, -0.2) is 12.1 Å². The quantitative estimate of drug-likeness (QED) is 0.526. The normalized spacial score (nSPS) is 48.3. The maximum atomic E-state index is 11.2. The summed E-state index contributed by atoms with van der Waals surface area (Å²) in [6, 6.07) is 0. The van der Waals surface area contributed by atoms with Crippen molar-refractivity contribution in [2.75, 3.05) is 0 Å². The van der Waals surface area contributed by atoms with E-state index in [0.29, 0.717) is 24.0 Å². The lowest BCUT2D eigenvalue weighted by Crippen LogP contribution is -2.26. The smallest absolute Gasteiger partial charge is 0.136 e. The molecular formula is C9H12O2. The van der Waals surface area contributed by atoms with Gasteiger partial charge < -0.3 is 4.79 Å². The van der Waals surface area contributed by atoms with Crippen LogP contribution in [0, 0.1) is 23.7 Å². The van der Waals surface area contributed by atoms with E-state index in [2.05, 4.69) is 0 Å². The lowest BCUT2D eigenvalue weighted by molar-refractivity contribution is -0.125. The monoisotopic (exact) mass is 152 g/mol. The summed E-state index contributed by atoms with van der Waals surface area (Å²) in [6.07, 6.45) is 2.68. The van der Waals surface area contributed by atoms with Gasteiger partial charge in [-0.2, -0.15) is 0 Å². The number of carbonyl (C=O) groups excluding carboxylic acids is 2. The van der Waals surface area contributed by atoms with Crippen LogP contribution in [0.4, 0.5) is 0 Å². The fourth-order valence-corrected chi connectivity index (χ4v) is 2.68. The number of hydrogen-bond acceptors (Lipinski definition) is 2. The van der Waals surface area contributed by atoms with Crippen LogP contribution in [0.5, 0.6) is 0 Å². The van der Waals surface area contributed by atoms with Gasteiger partial charge in [0.05, 0.1) is 0 Å². The van der Waals surface area contributed by atoms with Crippen molar-refractivity contribution in [3.63, 3.8) is 0 Å². The van der Waals surface area contributed by atoms with Gasteiger partial charge in [0.2, 0.25) is 0 Å². The fourth-order valence-electron chi connectivity index (χ4n) is 2.68. The van der Waals surface area contributed by atoms with E-state index in [1.54, 1.807) is 0 Å². The van der Waals surface area contributed by atoms with Crippen LogP contribution in [0.2, 0.25) is 0 Å². The minimum atomic E-state index is 0.178. The van der Waals surface area contributed by atoms with E-state index in [4.69, 9.17) is 0 Å². The van der Waals surface area contributed by atoms with Crippen molar-refractivity contribution < 1.29 is 9.59 Å². The van der Waals surface area contributed by atoms with E-state index < -0.39 is 0 Å². The number of hydrogen-bond donors (Lipinski definition) is 0. The lowest BCUT2D eigenvalue weighted by atomic mass is 9.81. The molecule has 0 radical (unpaired) electrons. The number of fused-ring (bicyclic) bond motifs is 2. The first-order valence-corrected chi connectivity index (χ1v) is 4.22. The predicted molar refractivity (Wildman–Crippen MR) is 39.9 cm³/mol. The van der Waals surface area contributed by atoms with Crippen LogP contribution in [0.25, 0.3) is 0 Å². The van der Waals surface area contributed by atoms with Crippen molar-refractivity contribution in [3.05, 3.63) is 0 Å². The summed E-state index contributed by atoms with van der Waals surface area (Å²) < 4.78 is 0. The van der Waals surface area contributed by atoms with Gasteiger partial charge in [-0.3, -0.25) is 4.79 Å². The molecule has 2 fully saturated rings. The standard InChI is InChI=1S/C9H12O2/c1-5-7-2-6(3-9(7)11)8(5)4-10/h4-8H,2-3H2,1H3. The molecule has 0 spiro atoms. The molecule has 0 aromatic carbocycles. The molecule has 2 saturated carbocycles. The van der Waals surface area contributed by atoms with E-state index in [0.717, 1.165) is 12.7 Å². The van der Waals surface area contributed by atoms with Crippen molar-refractivity contribution >= 4 is 12.1 Å². The Morgan fingerprint density at radius 1 is 1.55 bits per heavy atom. The minimum Gasteiger partial charge on any atom is -0.303 e. The van der Waals surface area contributed by atoms with Crippen LogP contribution in [0.15, 0.2) is 0 Å². The third kappa shape index (κ3) is 0.784. The zero-order chi connectivity index (χ0) is 8.01. The van der Waals surface area contributed by atoms with Gasteiger partial charge in [-0.15, -0.1) is 0 Å². The van der Waals surface area contributed by atoms with E-state index in [9.17, 15) is 9.59 Å². The SMILES string of the molecule is CC1C2CC(CC2=O)C1C=O. The Hall–Kier alpha value is -0.660. The first kappa shape index (κ1) is 7.01. The zero-order valence-electron chi connectivity index (χ0n) is 6.62. The molecule has 0 saturated heterocycles. The third-order valence-electron chi connectivity index (χ3n) is 3.38. The molecule has 0 N–H and O–H groups in total. The predicted octanol–water partition coefficient (Wildman–Crippen LogP) is 1.05. The molecule has 0 heterocycles. The molecule has 4 atom stereocenters. The summed E-state index contributed by atoms with van der Waals surface area (Å²) in [5.74, 6) is 1.49. The first-order valence-electron chi connectivity index (χ1n) is 4.22. The molecule has 2 rings (SSSR count). The molecule has 0 aliphatic heterocycles. The molecule has 0 aromatic rings. The van der Waals surface area contributed by atoms with Gasteiger partial charge in [-0.05, 0) is 18.3 Å². The molecule has 60 valence electrons. The van der Waals surface area contributed by atoms with E-state index in [1.807, 2.05) is 6.92 Å². The number of rotatable bonds is 1. The van der Waals surface area contributed by atoms with Gasteiger partial charge in [0, 0.05) is 18.3 Å². The van der Waals surface area contributed by atoms with Crippen LogP contribution in [-0.2, 0) is 9.59 Å². The van der Waals surface area contributed by atoms with Crippen molar-refractivity contribution in [2.45, 2.75) is 19.8 Å². The average molecular weight is 152 g/mol. The molecule has 2 aliphatic rings. The Bertz CT molecular complexity index is 206. The second-order valence-electron chi connectivity index (χ2n) is 3.85. The summed E-state index contributed by atoms with van der Waals surface area (Å²) in [5.41, 5.74) is 0. The van der Waals surface area contributed by atoms with Crippen molar-refractivity contribution in [2.24, 2.45) is 23.7 Å². The molecule has 2 heteroatoms. The summed E-state index contributed by atoms with van der Waals surface area (Å²) in [5, 5.41) is 0. The second kappa shape index (κ2) is 2.16. The van der Waals surface area contributed by atoms with E-state index >= 15 is 0 Å².